The Morgan fingerprint density at radius 3 is 2.38 bits per heavy atom. The summed E-state index contributed by atoms with van der Waals surface area (Å²) in [6.45, 7) is 2.57. The van der Waals surface area contributed by atoms with Gasteiger partial charge in [0.25, 0.3) is 5.91 Å². The molecule has 7 heteroatoms. The van der Waals surface area contributed by atoms with Gasteiger partial charge in [0.05, 0.1) is 5.75 Å². The van der Waals surface area contributed by atoms with Crippen LogP contribution in [0.25, 0.3) is 0 Å². The van der Waals surface area contributed by atoms with E-state index >= 15 is 0 Å². The van der Waals surface area contributed by atoms with E-state index in [1.165, 1.54) is 4.31 Å². The normalized spacial score (nSPS) is 17.6. The summed E-state index contributed by atoms with van der Waals surface area (Å²) in [5.41, 5.74) is 6.76. The highest BCUT2D eigenvalue weighted by molar-refractivity contribution is 7.89. The molecule has 1 amide bonds. The van der Waals surface area contributed by atoms with E-state index in [1.54, 1.807) is 31.2 Å². The Bertz CT molecular complexity index is 590. The van der Waals surface area contributed by atoms with Gasteiger partial charge in [-0.1, -0.05) is 0 Å². The summed E-state index contributed by atoms with van der Waals surface area (Å²) in [6, 6.07) is 6.75. The molecule has 0 radical (unpaired) electrons. The number of piperidine rings is 1. The van der Waals surface area contributed by atoms with Crippen molar-refractivity contribution in [3.05, 3.63) is 29.8 Å². The Labute approximate surface area is 125 Å². The lowest BCUT2D eigenvalue weighted by atomic mass is 10.1. The number of hydrogen-bond acceptors (Lipinski definition) is 4. The predicted octanol–water partition coefficient (Wildman–Crippen LogP) is 0.813. The Morgan fingerprint density at radius 1 is 1.29 bits per heavy atom. The number of sulfonamides is 1. The van der Waals surface area contributed by atoms with Crippen LogP contribution >= 0.6 is 0 Å². The second-order valence-corrected chi connectivity index (χ2v) is 7.43. The molecule has 6 nitrogen and oxygen atoms in total. The van der Waals surface area contributed by atoms with Crippen molar-refractivity contribution in [2.45, 2.75) is 25.8 Å². The van der Waals surface area contributed by atoms with Crippen molar-refractivity contribution in [1.82, 2.24) is 9.62 Å². The number of carbonyl (C=O) groups excluding carboxylic acids is 1. The maximum absolute atomic E-state index is 12.1. The second kappa shape index (κ2) is 6.44. The molecule has 0 bridgehead atoms. The third kappa shape index (κ3) is 3.95. The highest BCUT2D eigenvalue weighted by atomic mass is 32.2. The smallest absolute Gasteiger partial charge is 0.251 e. The van der Waals surface area contributed by atoms with Gasteiger partial charge in [0.2, 0.25) is 10.0 Å². The highest BCUT2D eigenvalue weighted by Crippen LogP contribution is 2.15. The van der Waals surface area contributed by atoms with E-state index in [1.807, 2.05) is 0 Å². The molecule has 0 unspecified atom stereocenters. The van der Waals surface area contributed by atoms with Gasteiger partial charge < -0.3 is 11.1 Å². The molecule has 0 aromatic heterocycles. The van der Waals surface area contributed by atoms with Gasteiger partial charge in [0.1, 0.15) is 0 Å². The number of nitrogens with one attached hydrogen (secondary N) is 1. The molecule has 0 spiro atoms. The van der Waals surface area contributed by atoms with Crippen LogP contribution in [0.1, 0.15) is 30.1 Å². The molecule has 1 saturated heterocycles. The lowest BCUT2D eigenvalue weighted by molar-refractivity contribution is 0.0924. The molecule has 1 aliphatic rings. The fraction of sp³-hybridized carbons (Fsp3) is 0.500. The van der Waals surface area contributed by atoms with Gasteiger partial charge in [-0.05, 0) is 44.0 Å². The van der Waals surface area contributed by atoms with Crippen LogP contribution < -0.4 is 11.1 Å². The Hall–Kier alpha value is -1.60. The second-order valence-electron chi connectivity index (χ2n) is 5.17. The number of nitrogens with zero attached hydrogens (tertiary/aromatic N) is 1. The summed E-state index contributed by atoms with van der Waals surface area (Å²) in [6.07, 6.45) is 1.28. The molecule has 1 aliphatic heterocycles. The average molecular weight is 311 g/mol. The monoisotopic (exact) mass is 311 g/mol. The summed E-state index contributed by atoms with van der Waals surface area (Å²) in [5.74, 6) is -0.0260. The predicted molar refractivity (Wildman–Crippen MR) is 82.4 cm³/mol. The summed E-state index contributed by atoms with van der Waals surface area (Å²) < 4.78 is 25.0. The molecule has 3 N–H and O–H groups in total. The Balaban J connectivity index is 1.89. The maximum Gasteiger partial charge on any atom is 0.251 e. The molecule has 0 aliphatic carbocycles. The SMILES string of the molecule is CCS(=O)(=O)N1CCC(NC(=O)c2ccc(N)cc2)CC1. The first-order valence-corrected chi connectivity index (χ1v) is 8.67. The third-order valence-corrected chi connectivity index (χ3v) is 5.60. The standard InChI is InChI=1S/C14H21N3O3S/c1-2-21(19,20)17-9-7-13(8-10-17)16-14(18)11-3-5-12(15)6-4-11/h3-6,13H,2,7-10,15H2,1H3,(H,16,18). The zero-order valence-corrected chi connectivity index (χ0v) is 12.9. The lowest BCUT2D eigenvalue weighted by Gasteiger charge is -2.31. The first-order chi connectivity index (χ1) is 9.92. The van der Waals surface area contributed by atoms with Gasteiger partial charge in [-0.3, -0.25) is 4.79 Å². The van der Waals surface area contributed by atoms with E-state index in [4.69, 9.17) is 5.73 Å². The summed E-state index contributed by atoms with van der Waals surface area (Å²) in [5, 5.41) is 2.94. The molecule has 21 heavy (non-hydrogen) atoms. The molecule has 2 rings (SSSR count). The van der Waals surface area contributed by atoms with Gasteiger partial charge in [-0.15, -0.1) is 0 Å². The van der Waals surface area contributed by atoms with Crippen molar-refractivity contribution in [3.63, 3.8) is 0 Å². The quantitative estimate of drug-likeness (QED) is 0.805. The van der Waals surface area contributed by atoms with Gasteiger partial charge in [0.15, 0.2) is 0 Å². The minimum absolute atomic E-state index is 0.0124. The molecule has 1 fully saturated rings. The van der Waals surface area contributed by atoms with Crippen LogP contribution in [0.15, 0.2) is 24.3 Å². The molecular formula is C14H21N3O3S. The number of amides is 1. The molecular weight excluding hydrogens is 290 g/mol. The average Bonchev–Trinajstić information content (AvgIpc) is 2.48. The van der Waals surface area contributed by atoms with E-state index in [2.05, 4.69) is 5.32 Å². The van der Waals surface area contributed by atoms with E-state index < -0.39 is 10.0 Å². The Kier molecular flexibility index (Phi) is 4.84. The lowest BCUT2D eigenvalue weighted by Crippen LogP contribution is -2.46. The molecule has 1 aromatic rings. The summed E-state index contributed by atoms with van der Waals surface area (Å²) in [7, 11) is -3.12. The minimum Gasteiger partial charge on any atom is -0.399 e. The first kappa shape index (κ1) is 15.8. The Morgan fingerprint density at radius 2 is 1.86 bits per heavy atom. The topological polar surface area (TPSA) is 92.5 Å². The van der Waals surface area contributed by atoms with Gasteiger partial charge >= 0.3 is 0 Å². The molecule has 1 aromatic carbocycles. The van der Waals surface area contributed by atoms with Crippen LogP contribution in [0.5, 0.6) is 0 Å². The van der Waals surface area contributed by atoms with Crippen LogP contribution in [0.3, 0.4) is 0 Å². The largest absolute Gasteiger partial charge is 0.399 e. The van der Waals surface area contributed by atoms with Gasteiger partial charge in [-0.2, -0.15) is 0 Å². The number of anilines is 1. The van der Waals surface area contributed by atoms with Gasteiger partial charge in [0, 0.05) is 30.4 Å². The van der Waals surface area contributed by atoms with E-state index in [9.17, 15) is 13.2 Å². The zero-order valence-electron chi connectivity index (χ0n) is 12.1. The summed E-state index contributed by atoms with van der Waals surface area (Å²) in [4.78, 5) is 12.1. The van der Waals surface area contributed by atoms with Crippen molar-refractivity contribution < 1.29 is 13.2 Å². The number of benzene rings is 1. The van der Waals surface area contributed by atoms with Crippen molar-refractivity contribution in [2.75, 3.05) is 24.6 Å². The van der Waals surface area contributed by atoms with Crippen LogP contribution in [0, 0.1) is 0 Å². The number of nitrogen functional groups attached to an aromatic ring is 1. The van der Waals surface area contributed by atoms with E-state index in [-0.39, 0.29) is 17.7 Å². The van der Waals surface area contributed by atoms with Crippen molar-refractivity contribution in [1.29, 1.82) is 0 Å². The molecule has 116 valence electrons. The highest BCUT2D eigenvalue weighted by Gasteiger charge is 2.27. The van der Waals surface area contributed by atoms with Crippen LogP contribution in [0.4, 0.5) is 5.69 Å². The van der Waals surface area contributed by atoms with E-state index in [0.29, 0.717) is 37.2 Å². The molecule has 1 heterocycles. The van der Waals surface area contributed by atoms with Crippen molar-refractivity contribution in [2.24, 2.45) is 0 Å². The zero-order chi connectivity index (χ0) is 15.5. The fourth-order valence-electron chi connectivity index (χ4n) is 2.36. The number of hydrogen-bond donors (Lipinski definition) is 2. The van der Waals surface area contributed by atoms with Crippen molar-refractivity contribution in [3.8, 4) is 0 Å². The van der Waals surface area contributed by atoms with Crippen LogP contribution in [0.2, 0.25) is 0 Å². The van der Waals surface area contributed by atoms with Crippen LogP contribution in [-0.2, 0) is 10.0 Å². The third-order valence-electron chi connectivity index (χ3n) is 3.72. The number of carbonyl (C=O) groups is 1. The number of rotatable bonds is 4. The molecule has 0 atom stereocenters. The van der Waals surface area contributed by atoms with Crippen LogP contribution in [-0.4, -0.2) is 43.5 Å². The molecule has 0 saturated carbocycles. The van der Waals surface area contributed by atoms with E-state index in [0.717, 1.165) is 0 Å². The fourth-order valence-corrected chi connectivity index (χ4v) is 3.50. The summed E-state index contributed by atoms with van der Waals surface area (Å²) >= 11 is 0. The maximum atomic E-state index is 12.1. The minimum atomic E-state index is -3.12. The number of nitrogens with two attached hydrogens (primary N) is 1. The van der Waals surface area contributed by atoms with Gasteiger partial charge in [-0.25, -0.2) is 12.7 Å². The first-order valence-electron chi connectivity index (χ1n) is 7.06. The van der Waals surface area contributed by atoms with Crippen molar-refractivity contribution >= 4 is 21.6 Å².